The molecule has 1 rings (SSSR count). The van der Waals surface area contributed by atoms with E-state index in [0.29, 0.717) is 5.76 Å². The monoisotopic (exact) mass is 139 g/mol. The molecule has 0 fully saturated rings. The van der Waals surface area contributed by atoms with Crippen LogP contribution in [0.2, 0.25) is 0 Å². The third-order valence-corrected chi connectivity index (χ3v) is 1.42. The van der Waals surface area contributed by atoms with Gasteiger partial charge in [0.05, 0.1) is 0 Å². The van der Waals surface area contributed by atoms with Crippen LogP contribution in [0.5, 0.6) is 0 Å². The number of allylic oxidation sites excluding steroid dienone is 2. The van der Waals surface area contributed by atoms with Crippen molar-refractivity contribution in [2.24, 2.45) is 0 Å². The van der Waals surface area contributed by atoms with Crippen molar-refractivity contribution >= 4 is 10.5 Å². The van der Waals surface area contributed by atoms with Gasteiger partial charge >= 0.3 is 10.5 Å². The van der Waals surface area contributed by atoms with E-state index in [2.05, 4.69) is 14.9 Å². The van der Waals surface area contributed by atoms with Crippen molar-refractivity contribution < 1.29 is 9.53 Å². The molecular weight excluding hydrogens is 132 g/mol. The Morgan fingerprint density at radius 2 is 2.11 bits per heavy atom. The van der Waals surface area contributed by atoms with E-state index < -0.39 is 0 Å². The Kier molecular flexibility index (Phi) is 1.95. The predicted octanol–water partition coefficient (Wildman–Crippen LogP) is 1.21. The van der Waals surface area contributed by atoms with Gasteiger partial charge in [-0.3, -0.25) is 0 Å². The maximum absolute atomic E-state index is 9.01. The van der Waals surface area contributed by atoms with Crippen molar-refractivity contribution in [2.75, 3.05) is 0 Å². The Morgan fingerprint density at radius 1 is 1.44 bits per heavy atom. The summed E-state index contributed by atoms with van der Waals surface area (Å²) in [5, 5.41) is 9.01. The molecule has 0 amide bonds. The van der Waals surface area contributed by atoms with Gasteiger partial charge < -0.3 is 9.53 Å². The number of rotatable bonds is 1. The third-order valence-electron chi connectivity index (χ3n) is 1.20. The van der Waals surface area contributed by atoms with E-state index >= 15 is 0 Å². The van der Waals surface area contributed by atoms with Crippen LogP contribution < -0.4 is 0 Å². The average molecular weight is 139 g/mol. The van der Waals surface area contributed by atoms with E-state index in [-0.39, 0.29) is 5.76 Å². The molecule has 2 nitrogen and oxygen atoms in total. The highest BCUT2D eigenvalue weighted by Gasteiger charge is 2.04. The van der Waals surface area contributed by atoms with Gasteiger partial charge in [-0.15, -0.1) is 0 Å². The highest BCUT2D eigenvalue weighted by Crippen LogP contribution is 2.15. The summed E-state index contributed by atoms with van der Waals surface area (Å²) in [6.45, 7) is 0. The molecule has 0 atom stereocenters. The zero-order chi connectivity index (χ0) is 6.69. The van der Waals surface area contributed by atoms with Crippen molar-refractivity contribution in [3.63, 3.8) is 0 Å². The van der Waals surface area contributed by atoms with Crippen LogP contribution in [0.15, 0.2) is 23.7 Å². The first-order chi connectivity index (χ1) is 4.34. The molecule has 1 aliphatic carbocycles. The molecule has 0 bridgehead atoms. The number of aliphatic hydroxyl groups excluding tert-OH is 1. The van der Waals surface area contributed by atoms with Gasteiger partial charge in [0, 0.05) is 0 Å². The van der Waals surface area contributed by atoms with Crippen molar-refractivity contribution in [1.29, 1.82) is 0 Å². The first-order valence-electron chi connectivity index (χ1n) is 2.78. The maximum Gasteiger partial charge on any atom is 0.341 e. The normalized spacial score (nSPS) is 18.3. The third kappa shape index (κ3) is 1.35. The van der Waals surface area contributed by atoms with Crippen LogP contribution in [-0.2, 0) is 4.43 Å². The van der Waals surface area contributed by atoms with Crippen LogP contribution in [0.4, 0.5) is 0 Å². The quantitative estimate of drug-likeness (QED) is 0.553. The smallest absolute Gasteiger partial charge is 0.341 e. The highest BCUT2D eigenvalue weighted by atomic mass is 28.2. The second kappa shape index (κ2) is 2.73. The maximum atomic E-state index is 9.01. The highest BCUT2D eigenvalue weighted by molar-refractivity contribution is 5.99. The standard InChI is InChI=1S/C6H7O2Si/c7-5-3-1-2-4-6(5)8-9/h3-4,7H,1-2H2. The summed E-state index contributed by atoms with van der Waals surface area (Å²) in [6.07, 6.45) is 5.40. The van der Waals surface area contributed by atoms with Crippen molar-refractivity contribution in [1.82, 2.24) is 0 Å². The van der Waals surface area contributed by atoms with Crippen LogP contribution in [0.25, 0.3) is 0 Å². The van der Waals surface area contributed by atoms with E-state index in [0.717, 1.165) is 12.8 Å². The Bertz CT molecular complexity index is 160. The van der Waals surface area contributed by atoms with E-state index in [1.54, 1.807) is 6.08 Å². The van der Waals surface area contributed by atoms with Crippen LogP contribution >= 0.6 is 0 Å². The van der Waals surface area contributed by atoms with Crippen molar-refractivity contribution in [3.8, 4) is 0 Å². The lowest BCUT2D eigenvalue weighted by molar-refractivity contribution is 0.345. The molecule has 47 valence electrons. The second-order valence-corrected chi connectivity index (χ2v) is 2.04. The number of hydrogen-bond donors (Lipinski definition) is 1. The van der Waals surface area contributed by atoms with Gasteiger partial charge in [-0.25, -0.2) is 0 Å². The van der Waals surface area contributed by atoms with Gasteiger partial charge in [0.15, 0.2) is 5.76 Å². The summed E-state index contributed by atoms with van der Waals surface area (Å²) >= 11 is 0. The number of aliphatic hydroxyl groups is 1. The zero-order valence-electron chi connectivity index (χ0n) is 4.92. The number of hydrogen-bond acceptors (Lipinski definition) is 2. The van der Waals surface area contributed by atoms with Gasteiger partial charge in [-0.1, -0.05) is 0 Å². The SMILES string of the molecule is OC1=CCCC=C1O[Si]. The summed E-state index contributed by atoms with van der Waals surface area (Å²) < 4.78 is 4.65. The van der Waals surface area contributed by atoms with E-state index in [1.807, 2.05) is 6.08 Å². The van der Waals surface area contributed by atoms with Crippen LogP contribution in [-0.4, -0.2) is 15.6 Å². The van der Waals surface area contributed by atoms with Crippen LogP contribution in [0.1, 0.15) is 12.8 Å². The van der Waals surface area contributed by atoms with E-state index in [1.165, 1.54) is 0 Å². The van der Waals surface area contributed by atoms with Crippen molar-refractivity contribution in [2.45, 2.75) is 12.8 Å². The fourth-order valence-electron chi connectivity index (χ4n) is 0.734. The van der Waals surface area contributed by atoms with E-state index in [9.17, 15) is 0 Å². The van der Waals surface area contributed by atoms with E-state index in [4.69, 9.17) is 5.11 Å². The molecule has 3 radical (unpaired) electrons. The van der Waals surface area contributed by atoms with Crippen molar-refractivity contribution in [3.05, 3.63) is 23.7 Å². The van der Waals surface area contributed by atoms with Crippen LogP contribution in [0, 0.1) is 0 Å². The Labute approximate surface area is 57.4 Å². The summed E-state index contributed by atoms with van der Waals surface area (Å²) in [7, 11) is 2.83. The average Bonchev–Trinajstić information content (AvgIpc) is 1.89. The van der Waals surface area contributed by atoms with Crippen LogP contribution in [0.3, 0.4) is 0 Å². The molecule has 0 aliphatic heterocycles. The Hall–Kier alpha value is -0.703. The molecule has 9 heavy (non-hydrogen) atoms. The minimum Gasteiger partial charge on any atom is -0.538 e. The molecular formula is C6H7O2Si. The largest absolute Gasteiger partial charge is 0.538 e. The minimum absolute atomic E-state index is 0.219. The summed E-state index contributed by atoms with van der Waals surface area (Å²) in [6, 6.07) is 0. The molecule has 0 aromatic carbocycles. The summed E-state index contributed by atoms with van der Waals surface area (Å²) in [4.78, 5) is 0. The summed E-state index contributed by atoms with van der Waals surface area (Å²) in [5.41, 5.74) is 0. The Morgan fingerprint density at radius 3 is 2.56 bits per heavy atom. The lowest BCUT2D eigenvalue weighted by Gasteiger charge is -2.08. The van der Waals surface area contributed by atoms with Gasteiger partial charge in [0.1, 0.15) is 5.76 Å². The first-order valence-corrected chi connectivity index (χ1v) is 3.18. The topological polar surface area (TPSA) is 29.5 Å². The molecule has 0 spiro atoms. The first kappa shape index (κ1) is 6.42. The molecule has 1 N–H and O–H groups in total. The molecule has 3 heteroatoms. The molecule has 0 aromatic rings. The molecule has 0 unspecified atom stereocenters. The van der Waals surface area contributed by atoms with Gasteiger partial charge in [0.25, 0.3) is 0 Å². The van der Waals surface area contributed by atoms with Gasteiger partial charge in [-0.05, 0) is 25.0 Å². The van der Waals surface area contributed by atoms with Gasteiger partial charge in [0.2, 0.25) is 0 Å². The minimum atomic E-state index is 0.219. The molecule has 0 saturated heterocycles. The lowest BCUT2D eigenvalue weighted by atomic mass is 10.1. The second-order valence-electron chi connectivity index (χ2n) is 1.84. The molecule has 0 saturated carbocycles. The summed E-state index contributed by atoms with van der Waals surface area (Å²) in [5.74, 6) is 0.731. The molecule has 0 heterocycles. The fourth-order valence-corrected chi connectivity index (χ4v) is 0.921. The lowest BCUT2D eigenvalue weighted by Crippen LogP contribution is -1.96. The predicted molar refractivity (Wildman–Crippen MR) is 34.9 cm³/mol. The Balaban J connectivity index is 2.68. The fraction of sp³-hybridized carbons (Fsp3) is 0.333. The zero-order valence-corrected chi connectivity index (χ0v) is 5.92. The molecule has 1 aliphatic rings. The molecule has 0 aromatic heterocycles. The van der Waals surface area contributed by atoms with Gasteiger partial charge in [-0.2, -0.15) is 0 Å².